The van der Waals surface area contributed by atoms with Crippen LogP contribution in [0.3, 0.4) is 0 Å². The molecule has 2 aliphatic rings. The van der Waals surface area contributed by atoms with Gasteiger partial charge in [-0.15, -0.1) is 10.2 Å². The number of hydrogen-bond donors (Lipinski definition) is 2. The second-order valence-corrected chi connectivity index (χ2v) is 11.1. The quantitative estimate of drug-likeness (QED) is 0.312. The number of nitrogens with one attached hydrogen (secondary N) is 1. The van der Waals surface area contributed by atoms with Gasteiger partial charge in [-0.25, -0.2) is 9.97 Å². The van der Waals surface area contributed by atoms with Gasteiger partial charge in [-0.2, -0.15) is 5.21 Å². The minimum absolute atomic E-state index is 0.208. The minimum atomic E-state index is -0.208. The van der Waals surface area contributed by atoms with E-state index in [9.17, 15) is 5.11 Å². The van der Waals surface area contributed by atoms with Crippen LogP contribution in [0.5, 0.6) is 0 Å². The van der Waals surface area contributed by atoms with E-state index in [2.05, 4.69) is 75.4 Å². The van der Waals surface area contributed by atoms with Gasteiger partial charge in [-0.3, -0.25) is 0 Å². The zero-order valence-corrected chi connectivity index (χ0v) is 22.4. The van der Waals surface area contributed by atoms with E-state index in [1.807, 2.05) is 12.1 Å². The molecule has 1 unspecified atom stereocenters. The van der Waals surface area contributed by atoms with Crippen LogP contribution in [0.4, 0.5) is 0 Å². The second-order valence-electron chi connectivity index (χ2n) is 11.1. The monoisotopic (exact) mass is 519 g/mol. The Hall–Kier alpha value is -3.91. The smallest absolute Gasteiger partial charge is 0.205 e. The van der Waals surface area contributed by atoms with Crippen LogP contribution in [-0.2, 0) is 19.3 Å². The van der Waals surface area contributed by atoms with E-state index in [1.165, 1.54) is 16.7 Å². The van der Waals surface area contributed by atoms with Gasteiger partial charge in [0.1, 0.15) is 11.3 Å². The van der Waals surface area contributed by atoms with Crippen molar-refractivity contribution in [1.82, 2.24) is 35.2 Å². The van der Waals surface area contributed by atoms with Gasteiger partial charge >= 0.3 is 0 Å². The van der Waals surface area contributed by atoms with Gasteiger partial charge in [0, 0.05) is 17.7 Å². The maximum atomic E-state index is 10.4. The Kier molecular flexibility index (Phi) is 6.00. The number of benzene rings is 2. The molecule has 0 radical (unpaired) electrons. The Morgan fingerprint density at radius 2 is 1.90 bits per heavy atom. The van der Waals surface area contributed by atoms with E-state index in [1.54, 1.807) is 0 Å². The van der Waals surface area contributed by atoms with E-state index >= 15 is 0 Å². The molecule has 39 heavy (non-hydrogen) atoms. The number of aromatic amines is 1. The molecule has 8 nitrogen and oxygen atoms in total. The van der Waals surface area contributed by atoms with Crippen molar-refractivity contribution in [1.29, 1.82) is 0 Å². The molecule has 2 aliphatic carbocycles. The average molecular weight is 520 g/mol. The number of H-pyrrole nitrogens is 1. The molecular formula is C31H33N7O. The fourth-order valence-electron chi connectivity index (χ4n) is 6.77. The van der Waals surface area contributed by atoms with E-state index in [4.69, 9.17) is 9.97 Å². The molecule has 0 saturated heterocycles. The summed E-state index contributed by atoms with van der Waals surface area (Å²) in [4.78, 5) is 10.3. The highest BCUT2D eigenvalue weighted by Crippen LogP contribution is 2.41. The Morgan fingerprint density at radius 1 is 1.03 bits per heavy atom. The molecular weight excluding hydrogens is 486 g/mol. The normalized spacial score (nSPS) is 20.6. The maximum absolute atomic E-state index is 10.4. The first-order valence-electron chi connectivity index (χ1n) is 14.1. The van der Waals surface area contributed by atoms with Gasteiger partial charge in [0.25, 0.3) is 0 Å². The van der Waals surface area contributed by atoms with Crippen LogP contribution < -0.4 is 0 Å². The summed E-state index contributed by atoms with van der Waals surface area (Å²) < 4.78 is 2.40. The fraction of sp³-hybridized carbons (Fsp3) is 0.387. The molecule has 1 fully saturated rings. The number of imidazole rings is 1. The number of hydrogen-bond acceptors (Lipinski definition) is 6. The van der Waals surface area contributed by atoms with E-state index in [-0.39, 0.29) is 12.1 Å². The van der Waals surface area contributed by atoms with Gasteiger partial charge in [-0.1, -0.05) is 55.8 Å². The zero-order chi connectivity index (χ0) is 26.5. The summed E-state index contributed by atoms with van der Waals surface area (Å²) in [6, 6.07) is 17.4. The number of tetrazole rings is 1. The molecule has 0 bridgehead atoms. The topological polar surface area (TPSA) is 105 Å². The lowest BCUT2D eigenvalue weighted by Crippen LogP contribution is -2.17. The largest absolute Gasteiger partial charge is 0.393 e. The highest BCUT2D eigenvalue weighted by Gasteiger charge is 2.30. The number of fused-ring (bicyclic) bond motifs is 2. The van der Waals surface area contributed by atoms with Crippen LogP contribution >= 0.6 is 0 Å². The molecule has 1 saturated carbocycles. The Morgan fingerprint density at radius 3 is 2.67 bits per heavy atom. The molecule has 0 spiro atoms. The van der Waals surface area contributed by atoms with Gasteiger partial charge in [0.2, 0.25) is 5.82 Å². The van der Waals surface area contributed by atoms with Crippen molar-refractivity contribution in [2.45, 2.75) is 70.9 Å². The van der Waals surface area contributed by atoms with Crippen LogP contribution in [0.15, 0.2) is 48.5 Å². The lowest BCUT2D eigenvalue weighted by molar-refractivity contribution is 0.132. The highest BCUT2D eigenvalue weighted by molar-refractivity contribution is 5.81. The lowest BCUT2D eigenvalue weighted by atomic mass is 9.96. The average Bonchev–Trinajstić information content (AvgIpc) is 3.75. The van der Waals surface area contributed by atoms with Gasteiger partial charge in [0.15, 0.2) is 5.65 Å². The number of aliphatic hydroxyl groups is 1. The molecule has 3 atom stereocenters. The Bertz CT molecular complexity index is 1660. The lowest BCUT2D eigenvalue weighted by Gasteiger charge is -2.19. The molecule has 2 N–H and O–H groups in total. The summed E-state index contributed by atoms with van der Waals surface area (Å²) in [6.07, 6.45) is 6.59. The first-order chi connectivity index (χ1) is 19.1. The van der Waals surface area contributed by atoms with Crippen LogP contribution in [0.2, 0.25) is 0 Å². The van der Waals surface area contributed by atoms with Crippen molar-refractivity contribution in [3.8, 4) is 22.5 Å². The highest BCUT2D eigenvalue weighted by atomic mass is 16.3. The van der Waals surface area contributed by atoms with Crippen molar-refractivity contribution >= 4 is 11.2 Å². The van der Waals surface area contributed by atoms with E-state index < -0.39 is 0 Å². The molecule has 0 amide bonds. The maximum Gasteiger partial charge on any atom is 0.205 e. The summed E-state index contributed by atoms with van der Waals surface area (Å²) in [5, 5.41) is 25.2. The number of pyridine rings is 1. The van der Waals surface area contributed by atoms with Gasteiger partial charge < -0.3 is 9.67 Å². The molecule has 8 heteroatoms. The van der Waals surface area contributed by atoms with Crippen molar-refractivity contribution in [3.05, 3.63) is 76.7 Å². The first-order valence-corrected chi connectivity index (χ1v) is 14.1. The van der Waals surface area contributed by atoms with E-state index in [0.29, 0.717) is 11.7 Å². The molecule has 0 aliphatic heterocycles. The number of rotatable bonds is 6. The third-order valence-corrected chi connectivity index (χ3v) is 8.70. The molecule has 5 aromatic rings. The number of aliphatic hydroxyl groups excluding tert-OH is 1. The van der Waals surface area contributed by atoms with Crippen LogP contribution in [-0.4, -0.2) is 46.4 Å². The third-order valence-electron chi connectivity index (χ3n) is 8.70. The van der Waals surface area contributed by atoms with Crippen molar-refractivity contribution < 1.29 is 5.11 Å². The summed E-state index contributed by atoms with van der Waals surface area (Å²) in [5.74, 6) is 1.99. The SMILES string of the molecule is CCc1nc2c(C)cc(CC3CCC[C@@H]3O)nc2n1[C@H]1CCc2cc(-c3ccccc3-c3nn[nH]n3)ccc21. The molecule has 7 rings (SSSR count). The van der Waals surface area contributed by atoms with Crippen molar-refractivity contribution in [2.24, 2.45) is 5.92 Å². The minimum Gasteiger partial charge on any atom is -0.393 e. The summed E-state index contributed by atoms with van der Waals surface area (Å²) in [5.41, 5.74) is 10.2. The number of nitrogens with zero attached hydrogens (tertiary/aromatic N) is 6. The second kappa shape index (κ2) is 9.68. The van der Waals surface area contributed by atoms with Gasteiger partial charge in [0.05, 0.1) is 12.1 Å². The van der Waals surface area contributed by atoms with E-state index in [0.717, 1.165) is 84.3 Å². The molecule has 198 valence electrons. The summed E-state index contributed by atoms with van der Waals surface area (Å²) in [7, 11) is 0. The summed E-state index contributed by atoms with van der Waals surface area (Å²) >= 11 is 0. The summed E-state index contributed by atoms with van der Waals surface area (Å²) in [6.45, 7) is 4.32. The molecule has 2 aromatic carbocycles. The Balaban J connectivity index is 1.28. The zero-order valence-electron chi connectivity index (χ0n) is 22.4. The van der Waals surface area contributed by atoms with Gasteiger partial charge in [-0.05, 0) is 84.0 Å². The standard InChI is InChI=1S/C31H33N7O/c1-3-28-33-29-18(2)15-22(17-21-7-6-10-27(21)39)32-31(29)38(28)26-14-12-20-16-19(11-13-24(20)26)23-8-4-5-9-25(23)30-34-36-37-35-30/h4-5,8-9,11,13,15-16,21,26-27,39H,3,6-7,10,12,14,17H2,1-2H3,(H,34,35,36,37)/t21?,26-,27-/m0/s1. The first kappa shape index (κ1) is 24.2. The predicted molar refractivity (Wildman–Crippen MR) is 150 cm³/mol. The van der Waals surface area contributed by atoms with Crippen molar-refractivity contribution in [3.63, 3.8) is 0 Å². The number of aromatic nitrogens is 7. The predicted octanol–water partition coefficient (Wildman–Crippen LogP) is 5.39. The van der Waals surface area contributed by atoms with Crippen LogP contribution in [0.25, 0.3) is 33.7 Å². The Labute approximate surface area is 227 Å². The fourth-order valence-corrected chi connectivity index (χ4v) is 6.77. The molecule has 3 aromatic heterocycles. The number of aryl methyl sites for hydroxylation is 3. The van der Waals surface area contributed by atoms with Crippen LogP contribution in [0.1, 0.15) is 66.9 Å². The third kappa shape index (κ3) is 4.14. The van der Waals surface area contributed by atoms with Crippen LogP contribution in [0, 0.1) is 12.8 Å². The molecule has 3 heterocycles. The van der Waals surface area contributed by atoms with Crippen molar-refractivity contribution in [2.75, 3.05) is 0 Å².